The number of methoxy groups -OCH3 is 1. The lowest BCUT2D eigenvalue weighted by atomic mass is 10.2. The molecule has 2 heterocycles. The van der Waals surface area contributed by atoms with E-state index in [2.05, 4.69) is 25.4 Å². The van der Waals surface area contributed by atoms with Crippen molar-refractivity contribution < 1.29 is 19.0 Å². The fraction of sp³-hybridized carbons (Fsp3) is 0.407. The van der Waals surface area contributed by atoms with Crippen molar-refractivity contribution in [2.75, 3.05) is 46.5 Å². The number of nitrogens with one attached hydrogen (secondary N) is 2. The molecule has 1 aromatic heterocycles. The Balaban J connectivity index is 1.22. The molecule has 1 aliphatic rings. The monoisotopic (exact) mass is 507 g/mol. The minimum absolute atomic E-state index is 0.100. The van der Waals surface area contributed by atoms with Crippen molar-refractivity contribution in [2.24, 2.45) is 0 Å². The molecule has 196 valence electrons. The van der Waals surface area contributed by atoms with Gasteiger partial charge in [0.05, 0.1) is 20.3 Å². The third kappa shape index (κ3) is 8.12. The molecule has 3 aromatic rings. The Labute approximate surface area is 216 Å². The summed E-state index contributed by atoms with van der Waals surface area (Å²) in [5, 5.41) is 11.1. The van der Waals surface area contributed by atoms with E-state index in [1.54, 1.807) is 7.11 Å². The van der Waals surface area contributed by atoms with Crippen LogP contribution in [0, 0.1) is 0 Å². The van der Waals surface area contributed by atoms with Crippen LogP contribution in [0.25, 0.3) is 11.4 Å². The van der Waals surface area contributed by atoms with Gasteiger partial charge in [-0.3, -0.25) is 14.5 Å². The van der Waals surface area contributed by atoms with Gasteiger partial charge in [0.15, 0.2) is 5.82 Å². The number of aromatic nitrogens is 3. The molecule has 0 bridgehead atoms. The number of H-pyrrole nitrogens is 1. The first kappa shape index (κ1) is 26.3. The molecule has 0 unspecified atom stereocenters. The molecule has 1 fully saturated rings. The lowest BCUT2D eigenvalue weighted by molar-refractivity contribution is -0.121. The summed E-state index contributed by atoms with van der Waals surface area (Å²) in [6.45, 7) is 5.36. The number of ether oxygens (including phenoxy) is 3. The fourth-order valence-corrected chi connectivity index (χ4v) is 3.97. The van der Waals surface area contributed by atoms with Gasteiger partial charge in [-0.05, 0) is 54.9 Å². The molecular weight excluding hydrogens is 474 g/mol. The number of hydrogen-bond donors (Lipinski definition) is 2. The number of aromatic amines is 1. The van der Waals surface area contributed by atoms with Gasteiger partial charge in [0.1, 0.15) is 23.8 Å². The maximum Gasteiger partial charge on any atom is 0.273 e. The van der Waals surface area contributed by atoms with Crippen LogP contribution in [0.2, 0.25) is 0 Å². The van der Waals surface area contributed by atoms with E-state index in [9.17, 15) is 9.59 Å². The maximum absolute atomic E-state index is 12.5. The summed E-state index contributed by atoms with van der Waals surface area (Å²) >= 11 is 0. The number of nitrogens with zero attached hydrogens (tertiary/aromatic N) is 3. The van der Waals surface area contributed by atoms with Gasteiger partial charge < -0.3 is 24.5 Å². The van der Waals surface area contributed by atoms with Crippen LogP contribution in [0.4, 0.5) is 0 Å². The summed E-state index contributed by atoms with van der Waals surface area (Å²) in [7, 11) is 1.63. The van der Waals surface area contributed by atoms with Crippen molar-refractivity contribution in [2.45, 2.75) is 25.9 Å². The average molecular weight is 508 g/mol. The van der Waals surface area contributed by atoms with E-state index in [4.69, 9.17) is 14.2 Å². The highest BCUT2D eigenvalue weighted by molar-refractivity contribution is 5.76. The van der Waals surface area contributed by atoms with Crippen molar-refractivity contribution in [3.8, 4) is 22.9 Å². The standard InChI is InChI=1S/C27H33N5O5/c1-35-23-5-2-4-20(18-23)19-37-22-8-6-21(7-9-22)26-29-27(34)24(30-31-26)10-11-25(33)28-12-3-13-32-14-16-36-17-15-32/h2,4-9,18H,3,10-17,19H2,1H3,(H,28,33)(H,29,31,34). The zero-order chi connectivity index (χ0) is 25.9. The van der Waals surface area contributed by atoms with E-state index >= 15 is 0 Å². The van der Waals surface area contributed by atoms with Crippen molar-refractivity contribution >= 4 is 5.91 Å². The van der Waals surface area contributed by atoms with Gasteiger partial charge >= 0.3 is 0 Å². The van der Waals surface area contributed by atoms with Crippen LogP contribution in [-0.2, 0) is 22.6 Å². The number of carbonyl (C=O) groups is 1. The predicted octanol–water partition coefficient (Wildman–Crippen LogP) is 2.19. The Hall–Kier alpha value is -3.76. The van der Waals surface area contributed by atoms with Crippen LogP contribution in [0.15, 0.2) is 53.3 Å². The number of hydrogen-bond acceptors (Lipinski definition) is 8. The zero-order valence-corrected chi connectivity index (χ0v) is 21.1. The van der Waals surface area contributed by atoms with E-state index in [-0.39, 0.29) is 30.0 Å². The van der Waals surface area contributed by atoms with Gasteiger partial charge in [-0.25, -0.2) is 0 Å². The van der Waals surface area contributed by atoms with Crippen LogP contribution >= 0.6 is 0 Å². The summed E-state index contributed by atoms with van der Waals surface area (Å²) in [5.74, 6) is 1.73. The Morgan fingerprint density at radius 3 is 2.68 bits per heavy atom. The molecule has 1 saturated heterocycles. The molecule has 0 aliphatic carbocycles. The van der Waals surface area contributed by atoms with Crippen molar-refractivity contribution in [1.29, 1.82) is 0 Å². The summed E-state index contributed by atoms with van der Waals surface area (Å²) in [6, 6.07) is 14.9. The Kier molecular flexibility index (Phi) is 9.61. The normalized spacial score (nSPS) is 13.8. The molecule has 37 heavy (non-hydrogen) atoms. The smallest absolute Gasteiger partial charge is 0.273 e. The maximum atomic E-state index is 12.5. The highest BCUT2D eigenvalue weighted by atomic mass is 16.5. The number of benzene rings is 2. The third-order valence-corrected chi connectivity index (χ3v) is 6.10. The zero-order valence-electron chi connectivity index (χ0n) is 21.1. The molecule has 2 N–H and O–H groups in total. The summed E-state index contributed by atoms with van der Waals surface area (Å²) in [6.07, 6.45) is 1.30. The second kappa shape index (κ2) is 13.5. The van der Waals surface area contributed by atoms with Crippen molar-refractivity contribution in [3.05, 3.63) is 70.1 Å². The molecular formula is C27H33N5O5. The molecule has 1 amide bonds. The summed E-state index contributed by atoms with van der Waals surface area (Å²) < 4.78 is 16.4. The van der Waals surface area contributed by atoms with Gasteiger partial charge in [-0.2, -0.15) is 0 Å². The van der Waals surface area contributed by atoms with Crippen LogP contribution in [0.1, 0.15) is 24.1 Å². The topological polar surface area (TPSA) is 119 Å². The van der Waals surface area contributed by atoms with Gasteiger partial charge in [0, 0.05) is 38.0 Å². The van der Waals surface area contributed by atoms with Gasteiger partial charge in [0.25, 0.3) is 5.56 Å². The molecule has 10 heteroatoms. The molecule has 2 aromatic carbocycles. The highest BCUT2D eigenvalue weighted by Crippen LogP contribution is 2.20. The molecule has 10 nitrogen and oxygen atoms in total. The highest BCUT2D eigenvalue weighted by Gasteiger charge is 2.11. The van der Waals surface area contributed by atoms with E-state index in [1.807, 2.05) is 48.5 Å². The van der Waals surface area contributed by atoms with Crippen LogP contribution in [-0.4, -0.2) is 72.5 Å². The van der Waals surface area contributed by atoms with Crippen LogP contribution in [0.5, 0.6) is 11.5 Å². The number of morpholine rings is 1. The predicted molar refractivity (Wildman–Crippen MR) is 139 cm³/mol. The second-order valence-electron chi connectivity index (χ2n) is 8.77. The number of aryl methyl sites for hydroxylation is 1. The van der Waals surface area contributed by atoms with Crippen LogP contribution < -0.4 is 20.3 Å². The first-order chi connectivity index (χ1) is 18.1. The van der Waals surface area contributed by atoms with E-state index in [0.717, 1.165) is 50.6 Å². The molecule has 0 spiro atoms. The largest absolute Gasteiger partial charge is 0.497 e. The number of rotatable bonds is 12. The van der Waals surface area contributed by atoms with Crippen LogP contribution in [0.3, 0.4) is 0 Å². The Morgan fingerprint density at radius 2 is 1.92 bits per heavy atom. The van der Waals surface area contributed by atoms with Crippen molar-refractivity contribution in [1.82, 2.24) is 25.4 Å². The Bertz CT molecular complexity index is 1210. The summed E-state index contributed by atoms with van der Waals surface area (Å²) in [5.41, 5.74) is 1.60. The van der Waals surface area contributed by atoms with Gasteiger partial charge in [-0.1, -0.05) is 12.1 Å². The van der Waals surface area contributed by atoms with Gasteiger partial charge in [0.2, 0.25) is 5.91 Å². The average Bonchev–Trinajstić information content (AvgIpc) is 2.94. The third-order valence-electron chi connectivity index (χ3n) is 6.10. The lowest BCUT2D eigenvalue weighted by Gasteiger charge is -2.26. The van der Waals surface area contributed by atoms with E-state index in [1.165, 1.54) is 0 Å². The quantitative estimate of drug-likeness (QED) is 0.358. The van der Waals surface area contributed by atoms with E-state index < -0.39 is 0 Å². The minimum atomic E-state index is -0.344. The molecule has 0 atom stereocenters. The fourth-order valence-electron chi connectivity index (χ4n) is 3.97. The van der Waals surface area contributed by atoms with Gasteiger partial charge in [-0.15, -0.1) is 10.2 Å². The second-order valence-corrected chi connectivity index (χ2v) is 8.77. The SMILES string of the molecule is COc1cccc(COc2ccc(-c3nnc(CCC(=O)NCCCN4CCOCC4)c(=O)[nH]3)cc2)c1. The Morgan fingerprint density at radius 1 is 1.11 bits per heavy atom. The summed E-state index contributed by atoms with van der Waals surface area (Å²) in [4.78, 5) is 29.7. The van der Waals surface area contributed by atoms with Crippen molar-refractivity contribution in [3.63, 3.8) is 0 Å². The van der Waals surface area contributed by atoms with E-state index in [0.29, 0.717) is 30.3 Å². The molecule has 1 aliphatic heterocycles. The molecule has 0 saturated carbocycles. The lowest BCUT2D eigenvalue weighted by Crippen LogP contribution is -2.38. The minimum Gasteiger partial charge on any atom is -0.497 e. The molecule has 4 rings (SSSR count). The number of carbonyl (C=O) groups excluding carboxylic acids is 1. The molecule has 0 radical (unpaired) electrons. The first-order valence-electron chi connectivity index (χ1n) is 12.5. The first-order valence-corrected chi connectivity index (χ1v) is 12.5. The number of amides is 1.